The monoisotopic (exact) mass is 224 g/mol. The summed E-state index contributed by atoms with van der Waals surface area (Å²) in [6.07, 6.45) is 4.26. The van der Waals surface area contributed by atoms with E-state index in [-0.39, 0.29) is 6.10 Å². The summed E-state index contributed by atoms with van der Waals surface area (Å²) in [6, 6.07) is 1.98. The maximum Gasteiger partial charge on any atom is 0.117 e. The van der Waals surface area contributed by atoms with Gasteiger partial charge in [-0.3, -0.25) is 4.98 Å². The molecule has 3 nitrogen and oxygen atoms in total. The molecule has 1 aliphatic rings. The molecule has 4 heteroatoms. The fraction of sp³-hybridized carbons (Fsp3) is 0.583. The van der Waals surface area contributed by atoms with E-state index in [1.54, 1.807) is 6.20 Å². The van der Waals surface area contributed by atoms with Crippen molar-refractivity contribution in [1.82, 2.24) is 4.98 Å². The number of rotatable bonds is 2. The van der Waals surface area contributed by atoms with Crippen molar-refractivity contribution in [2.45, 2.75) is 19.4 Å². The van der Waals surface area contributed by atoms with E-state index in [0.717, 1.165) is 24.2 Å². The molecular weight excluding hydrogens is 207 g/mol. The molecule has 0 amide bonds. The molecule has 88 valence electrons. The summed E-state index contributed by atoms with van der Waals surface area (Å²) < 4.78 is 18.1. The Balaban J connectivity index is 2.16. The van der Waals surface area contributed by atoms with Crippen LogP contribution in [0.15, 0.2) is 18.5 Å². The Morgan fingerprint density at radius 3 is 3.25 bits per heavy atom. The van der Waals surface area contributed by atoms with Gasteiger partial charge < -0.3 is 9.64 Å². The molecule has 0 aromatic carbocycles. The van der Waals surface area contributed by atoms with Crippen LogP contribution in [0.3, 0.4) is 0 Å². The molecule has 2 rings (SSSR count). The zero-order chi connectivity index (χ0) is 11.4. The van der Waals surface area contributed by atoms with Crippen LogP contribution in [0, 0.1) is 6.92 Å². The number of alkyl halides is 1. The van der Waals surface area contributed by atoms with E-state index < -0.39 is 6.67 Å². The van der Waals surface area contributed by atoms with Crippen molar-refractivity contribution in [2.75, 3.05) is 31.3 Å². The second-order valence-electron chi connectivity index (χ2n) is 4.11. The first kappa shape index (κ1) is 11.3. The van der Waals surface area contributed by atoms with Gasteiger partial charge in [0.15, 0.2) is 0 Å². The van der Waals surface area contributed by atoms with Crippen molar-refractivity contribution in [3.63, 3.8) is 0 Å². The van der Waals surface area contributed by atoms with E-state index in [1.165, 1.54) is 0 Å². The number of ether oxygens (including phenoxy) is 1. The topological polar surface area (TPSA) is 25.4 Å². The molecule has 0 unspecified atom stereocenters. The van der Waals surface area contributed by atoms with Gasteiger partial charge in [-0.05, 0) is 25.0 Å². The molecule has 1 fully saturated rings. The lowest BCUT2D eigenvalue weighted by molar-refractivity contribution is 0.0508. The summed E-state index contributed by atoms with van der Waals surface area (Å²) in [7, 11) is 0. The average molecular weight is 224 g/mol. The number of nitrogens with zero attached hydrogens (tertiary/aromatic N) is 2. The predicted octanol–water partition coefficient (Wildman–Crippen LogP) is 1.95. The standard InChI is InChI=1S/C12H17FN2O/c1-10-8-14-4-3-12(10)15-5-2-6-16-11(7-13)9-15/h3-4,8,11H,2,5-7,9H2,1H3/t11-/m1/s1. The van der Waals surface area contributed by atoms with Crippen LogP contribution in [-0.2, 0) is 4.74 Å². The van der Waals surface area contributed by atoms with Crippen LogP contribution in [0.4, 0.5) is 10.1 Å². The SMILES string of the molecule is Cc1cnccc1N1CCCO[C@H](CF)C1. The van der Waals surface area contributed by atoms with Crippen LogP contribution in [0.2, 0.25) is 0 Å². The third-order valence-electron chi connectivity index (χ3n) is 2.85. The van der Waals surface area contributed by atoms with E-state index in [9.17, 15) is 4.39 Å². The van der Waals surface area contributed by atoms with Crippen LogP contribution in [0.5, 0.6) is 0 Å². The Morgan fingerprint density at radius 2 is 2.50 bits per heavy atom. The minimum Gasteiger partial charge on any atom is -0.374 e. The lowest BCUT2D eigenvalue weighted by atomic mass is 10.2. The Bertz CT molecular complexity index is 346. The number of halogens is 1. The number of anilines is 1. The lowest BCUT2D eigenvalue weighted by Gasteiger charge is -2.26. The van der Waals surface area contributed by atoms with Gasteiger partial charge >= 0.3 is 0 Å². The molecule has 16 heavy (non-hydrogen) atoms. The third-order valence-corrected chi connectivity index (χ3v) is 2.85. The molecule has 1 saturated heterocycles. The van der Waals surface area contributed by atoms with Gasteiger partial charge in [-0.1, -0.05) is 0 Å². The number of aromatic nitrogens is 1. The van der Waals surface area contributed by atoms with Gasteiger partial charge in [-0.2, -0.15) is 0 Å². The molecule has 0 saturated carbocycles. The molecule has 2 heterocycles. The van der Waals surface area contributed by atoms with Crippen molar-refractivity contribution in [3.8, 4) is 0 Å². The molecule has 1 aromatic rings. The number of pyridine rings is 1. The number of hydrogen-bond donors (Lipinski definition) is 0. The van der Waals surface area contributed by atoms with Gasteiger partial charge in [-0.25, -0.2) is 4.39 Å². The molecule has 0 radical (unpaired) electrons. The fourth-order valence-electron chi connectivity index (χ4n) is 2.03. The summed E-state index contributed by atoms with van der Waals surface area (Å²) >= 11 is 0. The third kappa shape index (κ3) is 2.50. The first-order valence-corrected chi connectivity index (χ1v) is 5.64. The highest BCUT2D eigenvalue weighted by Gasteiger charge is 2.19. The molecular formula is C12H17FN2O. The van der Waals surface area contributed by atoms with Crippen LogP contribution in [0.25, 0.3) is 0 Å². The van der Waals surface area contributed by atoms with Crippen molar-refractivity contribution >= 4 is 5.69 Å². The maximum atomic E-state index is 12.7. The predicted molar refractivity (Wildman–Crippen MR) is 61.5 cm³/mol. The summed E-state index contributed by atoms with van der Waals surface area (Å²) in [5, 5.41) is 0. The quantitative estimate of drug-likeness (QED) is 0.767. The maximum absolute atomic E-state index is 12.7. The van der Waals surface area contributed by atoms with Gasteiger partial charge in [0.2, 0.25) is 0 Å². The molecule has 0 spiro atoms. The molecule has 0 N–H and O–H groups in total. The van der Waals surface area contributed by atoms with E-state index in [2.05, 4.69) is 9.88 Å². The van der Waals surface area contributed by atoms with Gasteiger partial charge in [0.25, 0.3) is 0 Å². The zero-order valence-electron chi connectivity index (χ0n) is 9.53. The Morgan fingerprint density at radius 1 is 1.62 bits per heavy atom. The fourth-order valence-corrected chi connectivity index (χ4v) is 2.03. The Labute approximate surface area is 95.2 Å². The smallest absolute Gasteiger partial charge is 0.117 e. The molecule has 1 aliphatic heterocycles. The number of aryl methyl sites for hydroxylation is 1. The Hall–Kier alpha value is -1.16. The van der Waals surface area contributed by atoms with Gasteiger partial charge in [0.1, 0.15) is 12.8 Å². The van der Waals surface area contributed by atoms with Crippen LogP contribution in [0.1, 0.15) is 12.0 Å². The highest BCUT2D eigenvalue weighted by molar-refractivity contribution is 5.51. The summed E-state index contributed by atoms with van der Waals surface area (Å²) in [5.74, 6) is 0. The largest absolute Gasteiger partial charge is 0.374 e. The van der Waals surface area contributed by atoms with Crippen molar-refractivity contribution < 1.29 is 9.13 Å². The minimum absolute atomic E-state index is 0.296. The second-order valence-corrected chi connectivity index (χ2v) is 4.11. The van der Waals surface area contributed by atoms with Crippen LogP contribution >= 0.6 is 0 Å². The molecule has 1 atom stereocenters. The first-order valence-electron chi connectivity index (χ1n) is 5.64. The van der Waals surface area contributed by atoms with Crippen LogP contribution in [-0.4, -0.2) is 37.5 Å². The zero-order valence-corrected chi connectivity index (χ0v) is 9.53. The van der Waals surface area contributed by atoms with Gasteiger partial charge in [-0.15, -0.1) is 0 Å². The van der Waals surface area contributed by atoms with Crippen molar-refractivity contribution in [2.24, 2.45) is 0 Å². The lowest BCUT2D eigenvalue weighted by Crippen LogP contribution is -2.33. The highest BCUT2D eigenvalue weighted by atomic mass is 19.1. The van der Waals surface area contributed by atoms with Gasteiger partial charge in [0.05, 0.1) is 0 Å². The normalized spacial score (nSPS) is 21.9. The second kappa shape index (κ2) is 5.25. The van der Waals surface area contributed by atoms with Gasteiger partial charge in [0, 0.05) is 37.8 Å². The van der Waals surface area contributed by atoms with E-state index in [0.29, 0.717) is 13.2 Å². The van der Waals surface area contributed by atoms with Crippen molar-refractivity contribution in [3.05, 3.63) is 24.0 Å². The summed E-state index contributed by atoms with van der Waals surface area (Å²) in [5.41, 5.74) is 2.26. The summed E-state index contributed by atoms with van der Waals surface area (Å²) in [6.45, 7) is 3.80. The minimum atomic E-state index is -0.416. The first-order chi connectivity index (χ1) is 7.81. The van der Waals surface area contributed by atoms with E-state index in [1.807, 2.05) is 19.2 Å². The molecule has 1 aromatic heterocycles. The van der Waals surface area contributed by atoms with E-state index in [4.69, 9.17) is 4.74 Å². The molecule has 0 bridgehead atoms. The molecule has 0 aliphatic carbocycles. The van der Waals surface area contributed by atoms with Crippen LogP contribution < -0.4 is 4.90 Å². The highest BCUT2D eigenvalue weighted by Crippen LogP contribution is 2.21. The summed E-state index contributed by atoms with van der Waals surface area (Å²) in [4.78, 5) is 6.26. The van der Waals surface area contributed by atoms with Crippen molar-refractivity contribution in [1.29, 1.82) is 0 Å². The average Bonchev–Trinajstić information content (AvgIpc) is 2.55. The number of hydrogen-bond acceptors (Lipinski definition) is 3. The van der Waals surface area contributed by atoms with E-state index >= 15 is 0 Å². The Kier molecular flexibility index (Phi) is 3.72.